The van der Waals surface area contributed by atoms with Crippen molar-refractivity contribution in [2.75, 3.05) is 13.2 Å². The van der Waals surface area contributed by atoms with Crippen molar-refractivity contribution in [3.05, 3.63) is 0 Å². The van der Waals surface area contributed by atoms with Crippen LogP contribution in [0.4, 0.5) is 0 Å². The Kier molecular flexibility index (Phi) is 3.26. The molecular weight excluding hydrogens is 176 g/mol. The van der Waals surface area contributed by atoms with Crippen molar-refractivity contribution in [3.8, 4) is 0 Å². The summed E-state index contributed by atoms with van der Waals surface area (Å²) in [6.45, 7) is 2.76. The number of aliphatic hydroxyl groups excluding tert-OH is 3. The average molecular weight is 192 g/mol. The quantitative estimate of drug-likeness (QED) is 0.526. The van der Waals surface area contributed by atoms with Crippen molar-refractivity contribution in [2.45, 2.75) is 37.9 Å². The lowest BCUT2D eigenvalue weighted by atomic mass is 10.1. The zero-order chi connectivity index (χ0) is 10.1. The minimum absolute atomic E-state index is 0.231. The van der Waals surface area contributed by atoms with Crippen LogP contribution in [0, 0.1) is 0 Å². The molecule has 0 aliphatic carbocycles. The third-order valence-corrected chi connectivity index (χ3v) is 1.97. The molecule has 1 fully saturated rings. The van der Waals surface area contributed by atoms with Crippen molar-refractivity contribution in [3.63, 3.8) is 0 Å². The van der Waals surface area contributed by atoms with E-state index in [4.69, 9.17) is 19.7 Å². The summed E-state index contributed by atoms with van der Waals surface area (Å²) < 4.78 is 10.6. The molecule has 1 aliphatic heterocycles. The SMILES string of the molecule is CC1(C)O[C@@H](CO)[C@@H](C(O)CO)O1. The molecule has 0 saturated carbocycles. The first-order valence-corrected chi connectivity index (χ1v) is 4.25. The van der Waals surface area contributed by atoms with Gasteiger partial charge in [-0.15, -0.1) is 0 Å². The molecule has 3 atom stereocenters. The molecular formula is C8H16O5. The fourth-order valence-corrected chi connectivity index (χ4v) is 1.43. The second-order valence-electron chi connectivity index (χ2n) is 3.57. The van der Waals surface area contributed by atoms with Gasteiger partial charge in [0.1, 0.15) is 18.3 Å². The van der Waals surface area contributed by atoms with Crippen molar-refractivity contribution in [1.82, 2.24) is 0 Å². The summed E-state index contributed by atoms with van der Waals surface area (Å²) >= 11 is 0. The Morgan fingerprint density at radius 1 is 1.31 bits per heavy atom. The van der Waals surface area contributed by atoms with Crippen LogP contribution < -0.4 is 0 Å². The summed E-state index contributed by atoms with van der Waals surface area (Å²) in [5.41, 5.74) is 0. The molecule has 1 heterocycles. The molecule has 1 rings (SSSR count). The van der Waals surface area contributed by atoms with Gasteiger partial charge in [0.25, 0.3) is 0 Å². The topological polar surface area (TPSA) is 79.2 Å². The summed E-state index contributed by atoms with van der Waals surface area (Å²) in [5, 5.41) is 27.0. The third kappa shape index (κ3) is 2.38. The summed E-state index contributed by atoms with van der Waals surface area (Å²) in [6, 6.07) is 0. The summed E-state index contributed by atoms with van der Waals surface area (Å²) in [4.78, 5) is 0. The van der Waals surface area contributed by atoms with E-state index in [9.17, 15) is 5.11 Å². The highest BCUT2D eigenvalue weighted by Crippen LogP contribution is 2.29. The predicted octanol–water partition coefficient (Wildman–Crippen LogP) is -1.15. The Hall–Kier alpha value is -0.200. The van der Waals surface area contributed by atoms with Crippen LogP contribution in [0.2, 0.25) is 0 Å². The molecule has 5 nitrogen and oxygen atoms in total. The Morgan fingerprint density at radius 2 is 1.92 bits per heavy atom. The number of hydrogen-bond acceptors (Lipinski definition) is 5. The largest absolute Gasteiger partial charge is 0.394 e. The smallest absolute Gasteiger partial charge is 0.164 e. The van der Waals surface area contributed by atoms with Crippen molar-refractivity contribution >= 4 is 0 Å². The van der Waals surface area contributed by atoms with Crippen molar-refractivity contribution in [1.29, 1.82) is 0 Å². The van der Waals surface area contributed by atoms with Crippen LogP contribution in [0.5, 0.6) is 0 Å². The number of hydrogen-bond donors (Lipinski definition) is 3. The molecule has 5 heteroatoms. The molecule has 1 aliphatic rings. The number of aliphatic hydroxyl groups is 3. The number of rotatable bonds is 3. The van der Waals surface area contributed by atoms with E-state index in [0.717, 1.165) is 0 Å². The Bertz CT molecular complexity index is 170. The molecule has 0 bridgehead atoms. The maximum atomic E-state index is 9.33. The minimum Gasteiger partial charge on any atom is -0.394 e. The first kappa shape index (κ1) is 10.9. The van der Waals surface area contributed by atoms with Gasteiger partial charge < -0.3 is 24.8 Å². The fourth-order valence-electron chi connectivity index (χ4n) is 1.43. The summed E-state index contributed by atoms with van der Waals surface area (Å²) in [7, 11) is 0. The Balaban J connectivity index is 2.63. The fraction of sp³-hybridized carbons (Fsp3) is 1.00. The molecule has 0 spiro atoms. The van der Waals surface area contributed by atoms with E-state index in [1.54, 1.807) is 13.8 Å². The second-order valence-corrected chi connectivity index (χ2v) is 3.57. The average Bonchev–Trinajstić information content (AvgIpc) is 2.39. The molecule has 13 heavy (non-hydrogen) atoms. The molecule has 1 unspecified atom stereocenters. The standard InChI is InChI=1S/C8H16O5/c1-8(2)12-6(4-10)7(13-8)5(11)3-9/h5-7,9-11H,3-4H2,1-2H3/t5?,6-,7+/m0/s1. The lowest BCUT2D eigenvalue weighted by Gasteiger charge is -2.19. The maximum Gasteiger partial charge on any atom is 0.164 e. The van der Waals surface area contributed by atoms with Crippen LogP contribution in [0.25, 0.3) is 0 Å². The van der Waals surface area contributed by atoms with Crippen molar-refractivity contribution < 1.29 is 24.8 Å². The van der Waals surface area contributed by atoms with Gasteiger partial charge in [-0.25, -0.2) is 0 Å². The van der Waals surface area contributed by atoms with Crippen LogP contribution in [-0.2, 0) is 9.47 Å². The van der Waals surface area contributed by atoms with Crippen LogP contribution >= 0.6 is 0 Å². The highest BCUT2D eigenvalue weighted by Gasteiger charge is 2.44. The van der Waals surface area contributed by atoms with E-state index in [0.29, 0.717) is 0 Å². The molecule has 3 N–H and O–H groups in total. The maximum absolute atomic E-state index is 9.33. The minimum atomic E-state index is -1.01. The van der Waals surface area contributed by atoms with Crippen LogP contribution in [0.1, 0.15) is 13.8 Å². The highest BCUT2D eigenvalue weighted by atomic mass is 16.8. The van der Waals surface area contributed by atoms with E-state index in [2.05, 4.69) is 0 Å². The first-order valence-electron chi connectivity index (χ1n) is 4.25. The van der Waals surface area contributed by atoms with Gasteiger partial charge in [0, 0.05) is 0 Å². The molecule has 0 amide bonds. The zero-order valence-electron chi connectivity index (χ0n) is 7.80. The molecule has 0 aromatic carbocycles. The van der Waals surface area contributed by atoms with Crippen LogP contribution in [0.3, 0.4) is 0 Å². The van der Waals surface area contributed by atoms with Crippen LogP contribution in [-0.4, -0.2) is 52.6 Å². The molecule has 1 saturated heterocycles. The van der Waals surface area contributed by atoms with Gasteiger partial charge in [-0.1, -0.05) is 0 Å². The Labute approximate surface area is 76.9 Å². The predicted molar refractivity (Wildman–Crippen MR) is 44.0 cm³/mol. The lowest BCUT2D eigenvalue weighted by Crippen LogP contribution is -2.39. The van der Waals surface area contributed by atoms with Crippen LogP contribution in [0.15, 0.2) is 0 Å². The first-order chi connectivity index (χ1) is 6.00. The lowest BCUT2D eigenvalue weighted by molar-refractivity contribution is -0.158. The summed E-state index contributed by atoms with van der Waals surface area (Å²) in [5.74, 6) is -0.811. The van der Waals surface area contributed by atoms with Gasteiger partial charge >= 0.3 is 0 Å². The van der Waals surface area contributed by atoms with E-state index < -0.39 is 30.7 Å². The van der Waals surface area contributed by atoms with Gasteiger partial charge in [0.05, 0.1) is 13.2 Å². The molecule has 0 radical (unpaired) electrons. The molecule has 0 aromatic heterocycles. The van der Waals surface area contributed by atoms with Gasteiger partial charge in [-0.2, -0.15) is 0 Å². The third-order valence-electron chi connectivity index (χ3n) is 1.97. The van der Waals surface area contributed by atoms with Gasteiger partial charge in [-0.05, 0) is 13.8 Å². The highest BCUT2D eigenvalue weighted by molar-refractivity contribution is 4.85. The normalized spacial score (nSPS) is 34.8. The van der Waals surface area contributed by atoms with Crippen molar-refractivity contribution in [2.24, 2.45) is 0 Å². The monoisotopic (exact) mass is 192 g/mol. The van der Waals surface area contributed by atoms with Gasteiger partial charge in [0.15, 0.2) is 5.79 Å². The van der Waals surface area contributed by atoms with E-state index in [1.165, 1.54) is 0 Å². The summed E-state index contributed by atoms with van der Waals surface area (Å²) in [6.07, 6.45) is -2.25. The molecule has 78 valence electrons. The van der Waals surface area contributed by atoms with Gasteiger partial charge in [-0.3, -0.25) is 0 Å². The number of ether oxygens (including phenoxy) is 2. The Morgan fingerprint density at radius 3 is 2.38 bits per heavy atom. The van der Waals surface area contributed by atoms with Gasteiger partial charge in [0.2, 0.25) is 0 Å². The van der Waals surface area contributed by atoms with E-state index >= 15 is 0 Å². The zero-order valence-corrected chi connectivity index (χ0v) is 7.80. The second kappa shape index (κ2) is 3.89. The van der Waals surface area contributed by atoms with E-state index in [1.807, 2.05) is 0 Å². The molecule has 0 aromatic rings. The van der Waals surface area contributed by atoms with E-state index in [-0.39, 0.29) is 6.61 Å².